The molecule has 0 aliphatic heterocycles. The molecule has 1 aromatic heterocycles. The quantitative estimate of drug-likeness (QED) is 0.581. The number of nitrogens with one attached hydrogen (secondary N) is 1. The summed E-state index contributed by atoms with van der Waals surface area (Å²) in [7, 11) is 0. The van der Waals surface area contributed by atoms with Crippen LogP contribution in [0.2, 0.25) is 0 Å². The van der Waals surface area contributed by atoms with Crippen molar-refractivity contribution in [2.75, 3.05) is 6.54 Å². The summed E-state index contributed by atoms with van der Waals surface area (Å²) in [6.07, 6.45) is 3.18. The first kappa shape index (κ1) is 18.3. The van der Waals surface area contributed by atoms with Gasteiger partial charge in [-0.25, -0.2) is 0 Å². The molecule has 1 N–H and O–H groups in total. The lowest BCUT2D eigenvalue weighted by atomic mass is 10.1. The molecule has 1 heterocycles. The maximum atomic E-state index is 4.80. The highest BCUT2D eigenvalue weighted by Crippen LogP contribution is 2.13. The van der Waals surface area contributed by atoms with E-state index in [1.54, 1.807) is 0 Å². The standard InChI is InChI=1S/C24H28N2/c1-19-8-6-11-22(16-19)17-24-14-13-23(20(2)26-24)18-25-15-7-12-21-9-4-3-5-10-21/h3-6,8-11,13-14,16,25H,7,12,15,17-18H2,1-2H3. The van der Waals surface area contributed by atoms with Crippen molar-refractivity contribution in [2.24, 2.45) is 0 Å². The molecule has 0 atom stereocenters. The Hall–Kier alpha value is -2.45. The van der Waals surface area contributed by atoms with Gasteiger partial charge in [-0.15, -0.1) is 0 Å². The first-order valence-corrected chi connectivity index (χ1v) is 9.46. The lowest BCUT2D eigenvalue weighted by Gasteiger charge is -2.10. The van der Waals surface area contributed by atoms with Crippen LogP contribution < -0.4 is 5.32 Å². The van der Waals surface area contributed by atoms with Gasteiger partial charge in [0.2, 0.25) is 0 Å². The molecule has 2 aromatic carbocycles. The van der Waals surface area contributed by atoms with Gasteiger partial charge in [0.25, 0.3) is 0 Å². The number of aromatic nitrogens is 1. The zero-order valence-electron chi connectivity index (χ0n) is 15.8. The van der Waals surface area contributed by atoms with Gasteiger partial charge in [-0.2, -0.15) is 0 Å². The monoisotopic (exact) mass is 344 g/mol. The van der Waals surface area contributed by atoms with Gasteiger partial charge in [0.15, 0.2) is 0 Å². The van der Waals surface area contributed by atoms with Crippen LogP contribution in [0.4, 0.5) is 0 Å². The first-order chi connectivity index (χ1) is 12.7. The topological polar surface area (TPSA) is 24.9 Å². The second kappa shape index (κ2) is 9.30. The van der Waals surface area contributed by atoms with E-state index >= 15 is 0 Å². The highest BCUT2D eigenvalue weighted by atomic mass is 14.9. The molecule has 0 saturated carbocycles. The van der Waals surface area contributed by atoms with Crippen LogP contribution in [0.15, 0.2) is 66.7 Å². The van der Waals surface area contributed by atoms with Crippen LogP contribution in [0.1, 0.15) is 40.1 Å². The number of benzene rings is 2. The summed E-state index contributed by atoms with van der Waals surface area (Å²) in [4.78, 5) is 4.80. The number of aryl methyl sites for hydroxylation is 3. The van der Waals surface area contributed by atoms with E-state index in [1.807, 2.05) is 0 Å². The fraction of sp³-hybridized carbons (Fsp3) is 0.292. The molecule has 2 heteroatoms. The summed E-state index contributed by atoms with van der Waals surface area (Å²) in [6.45, 7) is 6.16. The number of hydrogen-bond donors (Lipinski definition) is 1. The van der Waals surface area contributed by atoms with Crippen LogP contribution in [0.5, 0.6) is 0 Å². The van der Waals surface area contributed by atoms with Crippen LogP contribution in [0.25, 0.3) is 0 Å². The summed E-state index contributed by atoms with van der Waals surface area (Å²) in [5.74, 6) is 0. The van der Waals surface area contributed by atoms with Gasteiger partial charge in [-0.05, 0) is 56.0 Å². The van der Waals surface area contributed by atoms with Crippen molar-refractivity contribution in [3.63, 3.8) is 0 Å². The van der Waals surface area contributed by atoms with Crippen molar-refractivity contribution in [1.82, 2.24) is 10.3 Å². The minimum atomic E-state index is 0.887. The number of pyridine rings is 1. The summed E-state index contributed by atoms with van der Waals surface area (Å²) in [5, 5.41) is 3.55. The Morgan fingerprint density at radius 2 is 1.65 bits per heavy atom. The third kappa shape index (κ3) is 5.53. The van der Waals surface area contributed by atoms with Crippen molar-refractivity contribution in [2.45, 2.75) is 39.7 Å². The minimum absolute atomic E-state index is 0.887. The van der Waals surface area contributed by atoms with Gasteiger partial charge in [0, 0.05) is 24.4 Å². The predicted molar refractivity (Wildman–Crippen MR) is 109 cm³/mol. The van der Waals surface area contributed by atoms with E-state index < -0.39 is 0 Å². The molecule has 0 radical (unpaired) electrons. The maximum Gasteiger partial charge on any atom is 0.0450 e. The van der Waals surface area contributed by atoms with Gasteiger partial charge in [-0.1, -0.05) is 66.2 Å². The van der Waals surface area contributed by atoms with Gasteiger partial charge in [-0.3, -0.25) is 4.98 Å². The molecular formula is C24H28N2. The van der Waals surface area contributed by atoms with Crippen molar-refractivity contribution in [3.05, 3.63) is 100 Å². The SMILES string of the molecule is Cc1cccc(Cc2ccc(CNCCCc3ccccc3)c(C)n2)c1. The fourth-order valence-electron chi connectivity index (χ4n) is 3.24. The molecule has 134 valence electrons. The molecule has 0 aliphatic carbocycles. The summed E-state index contributed by atoms with van der Waals surface area (Å²) >= 11 is 0. The van der Waals surface area contributed by atoms with Gasteiger partial charge in [0.05, 0.1) is 0 Å². The second-order valence-corrected chi connectivity index (χ2v) is 6.98. The molecule has 0 fully saturated rings. The predicted octanol–water partition coefficient (Wildman–Crippen LogP) is 5.01. The highest BCUT2D eigenvalue weighted by molar-refractivity contribution is 5.29. The molecule has 3 aromatic rings. The van der Waals surface area contributed by atoms with Crippen molar-refractivity contribution in [3.8, 4) is 0 Å². The minimum Gasteiger partial charge on any atom is -0.313 e. The van der Waals surface area contributed by atoms with Gasteiger partial charge < -0.3 is 5.32 Å². The largest absolute Gasteiger partial charge is 0.313 e. The van der Waals surface area contributed by atoms with E-state index in [-0.39, 0.29) is 0 Å². The first-order valence-electron chi connectivity index (χ1n) is 9.46. The second-order valence-electron chi connectivity index (χ2n) is 6.98. The molecule has 0 amide bonds. The van der Waals surface area contributed by atoms with Crippen LogP contribution in [0.3, 0.4) is 0 Å². The van der Waals surface area contributed by atoms with E-state index in [0.29, 0.717) is 0 Å². The zero-order chi connectivity index (χ0) is 18.2. The van der Waals surface area contributed by atoms with Crippen molar-refractivity contribution < 1.29 is 0 Å². The highest BCUT2D eigenvalue weighted by Gasteiger charge is 2.03. The zero-order valence-corrected chi connectivity index (χ0v) is 15.8. The molecule has 0 bridgehead atoms. The van der Waals surface area contributed by atoms with Crippen molar-refractivity contribution in [1.29, 1.82) is 0 Å². The Kier molecular flexibility index (Phi) is 6.56. The molecule has 0 spiro atoms. The third-order valence-corrected chi connectivity index (χ3v) is 4.70. The van der Waals surface area contributed by atoms with Gasteiger partial charge >= 0.3 is 0 Å². The van der Waals surface area contributed by atoms with Crippen LogP contribution in [0, 0.1) is 13.8 Å². The summed E-state index contributed by atoms with van der Waals surface area (Å²) in [6, 6.07) is 23.7. The van der Waals surface area contributed by atoms with E-state index in [0.717, 1.165) is 43.7 Å². The number of nitrogens with zero attached hydrogens (tertiary/aromatic N) is 1. The van der Waals surface area contributed by atoms with E-state index in [1.165, 1.54) is 22.3 Å². The molecule has 0 aliphatic rings. The Morgan fingerprint density at radius 3 is 2.42 bits per heavy atom. The van der Waals surface area contributed by atoms with Crippen LogP contribution >= 0.6 is 0 Å². The number of hydrogen-bond acceptors (Lipinski definition) is 2. The average Bonchev–Trinajstić information content (AvgIpc) is 2.64. The third-order valence-electron chi connectivity index (χ3n) is 4.70. The Bertz CT molecular complexity index is 825. The van der Waals surface area contributed by atoms with Gasteiger partial charge in [0.1, 0.15) is 0 Å². The normalized spacial score (nSPS) is 10.8. The maximum absolute atomic E-state index is 4.80. The Labute approximate surface area is 157 Å². The summed E-state index contributed by atoms with van der Waals surface area (Å²) in [5.41, 5.74) is 7.59. The van der Waals surface area contributed by atoms with Crippen LogP contribution in [-0.4, -0.2) is 11.5 Å². The van der Waals surface area contributed by atoms with E-state index in [2.05, 4.69) is 85.9 Å². The Morgan fingerprint density at radius 1 is 0.846 bits per heavy atom. The van der Waals surface area contributed by atoms with Crippen molar-refractivity contribution >= 4 is 0 Å². The number of rotatable bonds is 8. The lowest BCUT2D eigenvalue weighted by molar-refractivity contribution is 0.645. The summed E-state index contributed by atoms with van der Waals surface area (Å²) < 4.78 is 0. The molecule has 3 rings (SSSR count). The van der Waals surface area contributed by atoms with Crippen LogP contribution in [-0.2, 0) is 19.4 Å². The molecular weight excluding hydrogens is 316 g/mol. The van der Waals surface area contributed by atoms with E-state index in [4.69, 9.17) is 4.98 Å². The van der Waals surface area contributed by atoms with E-state index in [9.17, 15) is 0 Å². The Balaban J connectivity index is 1.47. The molecule has 26 heavy (non-hydrogen) atoms. The smallest absolute Gasteiger partial charge is 0.0450 e. The average molecular weight is 345 g/mol. The molecule has 2 nitrogen and oxygen atoms in total. The molecule has 0 saturated heterocycles. The molecule has 0 unspecified atom stereocenters. The fourth-order valence-corrected chi connectivity index (χ4v) is 3.24. The lowest BCUT2D eigenvalue weighted by Crippen LogP contribution is -2.16.